The topological polar surface area (TPSA) is 159 Å². The smallest absolute Gasteiger partial charge is 0.388 e. The molecule has 2 atom stereocenters. The summed E-state index contributed by atoms with van der Waals surface area (Å²) in [4.78, 5) is 14.0. The second-order valence-electron chi connectivity index (χ2n) is 14.0. The first-order valence-corrected chi connectivity index (χ1v) is 23.0. The van der Waals surface area contributed by atoms with Crippen LogP contribution in [0.1, 0.15) is 41.3 Å². The largest absolute Gasteiger partial charge is 0.501 e. The van der Waals surface area contributed by atoms with Crippen molar-refractivity contribution in [2.24, 2.45) is 11.7 Å². The summed E-state index contributed by atoms with van der Waals surface area (Å²) in [5.74, 6) is -0.775. The van der Waals surface area contributed by atoms with Crippen LogP contribution < -0.4 is 20.7 Å². The molecule has 6 rings (SSSR count). The molecule has 10 nitrogen and oxygen atoms in total. The quantitative estimate of drug-likeness (QED) is 0.0754. The molecular weight excluding hydrogens is 845 g/mol. The van der Waals surface area contributed by atoms with Crippen LogP contribution in [0.25, 0.3) is 11.1 Å². The predicted octanol–water partition coefficient (Wildman–Crippen LogP) is 8.29. The summed E-state index contributed by atoms with van der Waals surface area (Å²) >= 11 is 7.46. The van der Waals surface area contributed by atoms with Crippen molar-refractivity contribution in [3.8, 4) is 11.1 Å². The highest BCUT2D eigenvalue weighted by Gasteiger charge is 2.48. The summed E-state index contributed by atoms with van der Waals surface area (Å²) in [6, 6.07) is 32.1. The third kappa shape index (κ3) is 10.6. The number of alkyl halides is 3. The number of nitrogens with two attached hydrogens (primary N) is 1. The van der Waals surface area contributed by atoms with Crippen LogP contribution in [0, 0.1) is 5.92 Å². The minimum Gasteiger partial charge on any atom is -0.388 e. The third-order valence-electron chi connectivity index (χ3n) is 10.1. The molecule has 1 aliphatic heterocycles. The fraction of sp³-hybridized carbons (Fsp3) is 0.262. The van der Waals surface area contributed by atoms with Crippen molar-refractivity contribution in [1.29, 1.82) is 0 Å². The van der Waals surface area contributed by atoms with Gasteiger partial charge in [-0.25, -0.2) is 21.6 Å². The maximum Gasteiger partial charge on any atom is 0.501 e. The Labute approximate surface area is 350 Å². The number of nitrogens with one attached hydrogen (secondary N) is 2. The average Bonchev–Trinajstić information content (AvgIpc) is 3.23. The molecule has 5 aromatic rings. The van der Waals surface area contributed by atoms with E-state index in [1.54, 1.807) is 12.1 Å². The molecule has 0 aliphatic carbocycles. The fourth-order valence-corrected chi connectivity index (χ4v) is 10.0. The van der Waals surface area contributed by atoms with Gasteiger partial charge in [-0.05, 0) is 115 Å². The van der Waals surface area contributed by atoms with Gasteiger partial charge < -0.3 is 21.1 Å². The van der Waals surface area contributed by atoms with Crippen molar-refractivity contribution in [1.82, 2.24) is 4.72 Å². The van der Waals surface area contributed by atoms with E-state index in [0.29, 0.717) is 42.8 Å². The Kier molecular flexibility index (Phi) is 14.0. The average molecular weight is 887 g/mol. The lowest BCUT2D eigenvalue weighted by Gasteiger charge is -2.36. The van der Waals surface area contributed by atoms with Gasteiger partial charge in [-0.2, -0.15) is 13.2 Å². The van der Waals surface area contributed by atoms with E-state index >= 15 is 0 Å². The van der Waals surface area contributed by atoms with Crippen LogP contribution in [0.5, 0.6) is 0 Å². The number of aliphatic hydroxyl groups is 1. The zero-order chi connectivity index (χ0) is 42.4. The molecule has 0 aromatic heterocycles. The minimum atomic E-state index is -6.05. The van der Waals surface area contributed by atoms with Crippen molar-refractivity contribution >= 4 is 60.5 Å². The monoisotopic (exact) mass is 886 g/mol. The summed E-state index contributed by atoms with van der Waals surface area (Å²) in [5.41, 5.74) is 2.94. The highest BCUT2D eigenvalue weighted by atomic mass is 35.5. The fourth-order valence-electron chi connectivity index (χ4n) is 6.91. The lowest BCUT2D eigenvalue weighted by molar-refractivity contribution is -0.0435. The first kappa shape index (κ1) is 44.0. The molecule has 17 heteroatoms. The molecule has 1 heterocycles. The molecular formula is C42H42ClF3N4O6S3. The van der Waals surface area contributed by atoms with Gasteiger partial charge in [0.2, 0.25) is 0 Å². The number of rotatable bonds is 15. The van der Waals surface area contributed by atoms with Crippen molar-refractivity contribution < 1.29 is 39.9 Å². The van der Waals surface area contributed by atoms with Gasteiger partial charge in [-0.15, -0.1) is 11.8 Å². The van der Waals surface area contributed by atoms with E-state index in [1.165, 1.54) is 23.9 Å². The number of nitrogens with zero attached hydrogens (tertiary/aromatic N) is 1. The number of hydrogen-bond acceptors (Lipinski definition) is 10. The van der Waals surface area contributed by atoms with Gasteiger partial charge in [-0.3, -0.25) is 4.79 Å². The van der Waals surface area contributed by atoms with Crippen LogP contribution in [0.3, 0.4) is 0 Å². The van der Waals surface area contributed by atoms with Gasteiger partial charge >= 0.3 is 5.51 Å². The molecule has 0 saturated carbocycles. The number of halogens is 4. The van der Waals surface area contributed by atoms with Crippen LogP contribution in [0.15, 0.2) is 136 Å². The number of thioether (sulfide) groups is 1. The minimum absolute atomic E-state index is 0.0162. The Bertz CT molecular complexity index is 2450. The van der Waals surface area contributed by atoms with Crippen LogP contribution in [-0.4, -0.2) is 64.8 Å². The maximum atomic E-state index is 13.9. The van der Waals surface area contributed by atoms with E-state index < -0.39 is 58.9 Å². The first-order valence-electron chi connectivity index (χ1n) is 18.6. The zero-order valence-corrected chi connectivity index (χ0v) is 34.7. The number of carbonyl (C=O) groups is 1. The molecule has 312 valence electrons. The van der Waals surface area contributed by atoms with Crippen LogP contribution in [-0.2, 0) is 19.9 Å². The second-order valence-corrected chi connectivity index (χ2v) is 19.1. The molecule has 5 aromatic carbocycles. The maximum absolute atomic E-state index is 13.9. The van der Waals surface area contributed by atoms with Gasteiger partial charge in [0, 0.05) is 46.1 Å². The van der Waals surface area contributed by atoms with E-state index in [2.05, 4.69) is 10.2 Å². The summed E-state index contributed by atoms with van der Waals surface area (Å²) < 4.78 is 95.9. The highest BCUT2D eigenvalue weighted by Crippen LogP contribution is 2.39. The third-order valence-corrected chi connectivity index (χ3v) is 14.4. The van der Waals surface area contributed by atoms with E-state index in [9.17, 15) is 39.9 Å². The van der Waals surface area contributed by atoms with Crippen molar-refractivity contribution in [2.75, 3.05) is 35.6 Å². The number of aliphatic hydroxyl groups excluding tert-OH is 1. The number of carbonyl (C=O) groups excluding carboxylic acids is 1. The van der Waals surface area contributed by atoms with Gasteiger partial charge in [0.05, 0.1) is 16.7 Å². The summed E-state index contributed by atoms with van der Waals surface area (Å²) in [6.07, 6.45) is 0.920. The van der Waals surface area contributed by atoms with Gasteiger partial charge in [0.1, 0.15) is 4.90 Å². The van der Waals surface area contributed by atoms with E-state index in [0.717, 1.165) is 39.4 Å². The van der Waals surface area contributed by atoms with Crippen molar-refractivity contribution in [2.45, 2.75) is 51.6 Å². The number of amides is 1. The summed E-state index contributed by atoms with van der Waals surface area (Å²) in [5, 5.41) is 14.9. The van der Waals surface area contributed by atoms with Gasteiger partial charge in [0.15, 0.2) is 0 Å². The Hall–Kier alpha value is -4.58. The summed E-state index contributed by atoms with van der Waals surface area (Å²) in [6.45, 7) is 1.35. The highest BCUT2D eigenvalue weighted by molar-refractivity contribution is 7.99. The van der Waals surface area contributed by atoms with E-state index in [-0.39, 0.29) is 24.4 Å². The lowest BCUT2D eigenvalue weighted by atomic mass is 9.84. The molecule has 1 saturated heterocycles. The van der Waals surface area contributed by atoms with Crippen molar-refractivity contribution in [3.05, 3.63) is 137 Å². The number of anilines is 2. The molecule has 0 radical (unpaired) electrons. The van der Waals surface area contributed by atoms with Crippen LogP contribution >= 0.6 is 23.4 Å². The standard InChI is InChI=1S/C42H42ClF3N4O6S3/c43-31-14-10-28(11-15-31)36-8-4-5-9-37(36)40(51)29-21-24-50(25-22-29)33-16-12-30(13-17-33)41(52)49-59(55,56)35-18-19-38(39(26-35)58(53,54)42(44,45)46)48-32(20-23-47)27-57-34-6-2-1-3-7-34/h1-19,26,29,32,40,48,51H,20-25,27,47H2,(H,49,52). The Morgan fingerprint density at radius 2 is 1.53 bits per heavy atom. The second kappa shape index (κ2) is 18.8. The van der Waals surface area contributed by atoms with E-state index in [4.69, 9.17) is 17.3 Å². The Morgan fingerprint density at radius 3 is 2.17 bits per heavy atom. The number of benzene rings is 5. The molecule has 1 amide bonds. The molecule has 5 N–H and O–H groups in total. The van der Waals surface area contributed by atoms with Gasteiger partial charge in [-0.1, -0.05) is 66.2 Å². The molecule has 0 bridgehead atoms. The first-order chi connectivity index (χ1) is 28.1. The number of hydrogen-bond donors (Lipinski definition) is 4. The molecule has 2 unspecified atom stereocenters. The number of sulfonamides is 1. The molecule has 1 fully saturated rings. The zero-order valence-electron chi connectivity index (χ0n) is 31.5. The van der Waals surface area contributed by atoms with Crippen LogP contribution in [0.2, 0.25) is 5.02 Å². The molecule has 1 aliphatic rings. The summed E-state index contributed by atoms with van der Waals surface area (Å²) in [7, 11) is -10.9. The van der Waals surface area contributed by atoms with Gasteiger partial charge in [0.25, 0.3) is 25.8 Å². The van der Waals surface area contributed by atoms with E-state index in [1.807, 2.05) is 83.6 Å². The number of sulfone groups is 1. The van der Waals surface area contributed by atoms with Crippen LogP contribution in [0.4, 0.5) is 24.5 Å². The Balaban J connectivity index is 1.12. The lowest BCUT2D eigenvalue weighted by Crippen LogP contribution is -2.36. The SMILES string of the molecule is NCCC(CSc1ccccc1)Nc1ccc(S(=O)(=O)NC(=O)c2ccc(N3CCC(C(O)c4ccccc4-c4ccc(Cl)cc4)CC3)cc2)cc1S(=O)(=O)C(F)(F)F. The Morgan fingerprint density at radius 1 is 0.881 bits per heavy atom. The van der Waals surface area contributed by atoms with Crippen molar-refractivity contribution in [3.63, 3.8) is 0 Å². The number of piperidine rings is 1. The molecule has 59 heavy (non-hydrogen) atoms. The predicted molar refractivity (Wildman–Crippen MR) is 226 cm³/mol. The normalized spacial score (nSPS) is 15.1. The molecule has 0 spiro atoms.